The summed E-state index contributed by atoms with van der Waals surface area (Å²) in [6.07, 6.45) is 0. The summed E-state index contributed by atoms with van der Waals surface area (Å²) in [5, 5.41) is 6.89. The van der Waals surface area contributed by atoms with E-state index in [0.29, 0.717) is 0 Å². The predicted molar refractivity (Wildman–Crippen MR) is 64.2 cm³/mol. The van der Waals surface area contributed by atoms with Gasteiger partial charge in [0.25, 0.3) is 10.0 Å². The number of rotatable bonds is 3. The van der Waals surface area contributed by atoms with Crippen LogP contribution in [0.15, 0.2) is 35.2 Å². The van der Waals surface area contributed by atoms with Crippen molar-refractivity contribution in [3.8, 4) is 0 Å². The first-order valence-electron chi connectivity index (χ1n) is 4.86. The van der Waals surface area contributed by atoms with Crippen LogP contribution in [-0.4, -0.2) is 18.6 Å². The minimum Gasteiger partial charge on any atom is -0.262 e. The first-order valence-corrected chi connectivity index (χ1v) is 6.72. The molecule has 1 aromatic carbocycles. The highest BCUT2D eigenvalue weighted by molar-refractivity contribution is 7.92. The van der Waals surface area contributed by atoms with Crippen LogP contribution in [0, 0.1) is 11.6 Å². The number of hydrogen-bond acceptors (Lipinski definition) is 4. The largest absolute Gasteiger partial charge is 0.268 e. The van der Waals surface area contributed by atoms with Crippen molar-refractivity contribution < 1.29 is 17.2 Å². The van der Waals surface area contributed by atoms with Gasteiger partial charge in [0, 0.05) is 0 Å². The van der Waals surface area contributed by atoms with Crippen molar-refractivity contribution in [1.82, 2.24) is 10.2 Å². The van der Waals surface area contributed by atoms with Crippen LogP contribution < -0.4 is 4.72 Å². The summed E-state index contributed by atoms with van der Waals surface area (Å²) in [7, 11) is -4.43. The molecule has 0 atom stereocenters. The molecule has 2 aromatic rings. The summed E-state index contributed by atoms with van der Waals surface area (Å²) in [6, 6.07) is 5.23. The fourth-order valence-electron chi connectivity index (χ4n) is 1.30. The highest BCUT2D eigenvalue weighted by Gasteiger charge is 2.24. The minimum atomic E-state index is -4.43. The number of halogens is 3. The van der Waals surface area contributed by atoms with Crippen molar-refractivity contribution in [3.63, 3.8) is 0 Å². The van der Waals surface area contributed by atoms with Crippen molar-refractivity contribution in [3.05, 3.63) is 47.1 Å². The van der Waals surface area contributed by atoms with E-state index in [-0.39, 0.29) is 11.0 Å². The molecule has 0 spiro atoms. The van der Waals surface area contributed by atoms with Crippen LogP contribution in [0.4, 0.5) is 14.6 Å². The van der Waals surface area contributed by atoms with Gasteiger partial charge in [0.15, 0.2) is 15.9 Å². The van der Waals surface area contributed by atoms with Gasteiger partial charge in [-0.15, -0.1) is 10.2 Å². The van der Waals surface area contributed by atoms with E-state index in [0.717, 1.165) is 18.2 Å². The molecule has 0 aliphatic heterocycles. The summed E-state index contributed by atoms with van der Waals surface area (Å²) < 4.78 is 52.4. The first kappa shape index (κ1) is 13.6. The Balaban J connectivity index is 2.41. The molecule has 0 bridgehead atoms. The maximum atomic E-state index is 13.4. The van der Waals surface area contributed by atoms with E-state index in [9.17, 15) is 17.2 Å². The van der Waals surface area contributed by atoms with Gasteiger partial charge in [0.1, 0.15) is 11.6 Å². The maximum Gasteiger partial charge on any atom is 0.268 e. The molecule has 0 saturated heterocycles. The summed E-state index contributed by atoms with van der Waals surface area (Å²) >= 11 is 5.48. The lowest BCUT2D eigenvalue weighted by atomic mass is 10.3. The van der Waals surface area contributed by atoms with Crippen molar-refractivity contribution >= 4 is 27.4 Å². The molecule has 100 valence electrons. The van der Waals surface area contributed by atoms with E-state index < -0.39 is 26.6 Å². The average molecular weight is 306 g/mol. The molecule has 1 heterocycles. The van der Waals surface area contributed by atoms with Crippen molar-refractivity contribution in [2.75, 3.05) is 4.72 Å². The summed E-state index contributed by atoms with van der Waals surface area (Å²) in [5.41, 5.74) is 0. The first-order chi connectivity index (χ1) is 8.90. The van der Waals surface area contributed by atoms with Gasteiger partial charge in [-0.3, -0.25) is 4.72 Å². The maximum absolute atomic E-state index is 13.4. The van der Waals surface area contributed by atoms with E-state index >= 15 is 0 Å². The molecule has 1 N–H and O–H groups in total. The zero-order valence-corrected chi connectivity index (χ0v) is 10.7. The Bertz CT molecular complexity index is 687. The van der Waals surface area contributed by atoms with Crippen LogP contribution in [0.25, 0.3) is 0 Å². The molecule has 0 aliphatic rings. The number of nitrogens with zero attached hydrogens (tertiary/aromatic N) is 2. The lowest BCUT2D eigenvalue weighted by Crippen LogP contribution is -2.17. The highest BCUT2D eigenvalue weighted by Crippen LogP contribution is 2.20. The smallest absolute Gasteiger partial charge is 0.262 e. The van der Waals surface area contributed by atoms with Gasteiger partial charge in [0.05, 0.1) is 0 Å². The van der Waals surface area contributed by atoms with Gasteiger partial charge in [-0.05, 0) is 24.3 Å². The fourth-order valence-corrected chi connectivity index (χ4v) is 2.53. The van der Waals surface area contributed by atoms with Crippen LogP contribution in [0.2, 0.25) is 5.15 Å². The quantitative estimate of drug-likeness (QED) is 0.943. The van der Waals surface area contributed by atoms with Crippen LogP contribution in [0.3, 0.4) is 0 Å². The van der Waals surface area contributed by atoms with Gasteiger partial charge in [-0.25, -0.2) is 17.2 Å². The van der Waals surface area contributed by atoms with E-state index in [1.807, 2.05) is 4.72 Å². The predicted octanol–water partition coefficient (Wildman–Crippen LogP) is 2.21. The lowest BCUT2D eigenvalue weighted by molar-refractivity contribution is 0.521. The Morgan fingerprint density at radius 2 is 1.68 bits per heavy atom. The van der Waals surface area contributed by atoms with E-state index in [2.05, 4.69) is 10.2 Å². The number of hydrogen-bond donors (Lipinski definition) is 1. The molecule has 2 rings (SSSR count). The zero-order valence-electron chi connectivity index (χ0n) is 9.14. The number of nitrogens with one attached hydrogen (secondary N) is 1. The van der Waals surface area contributed by atoms with Crippen molar-refractivity contribution in [1.29, 1.82) is 0 Å². The lowest BCUT2D eigenvalue weighted by Gasteiger charge is -2.08. The fraction of sp³-hybridized carbons (Fsp3) is 0. The molecule has 0 aliphatic carbocycles. The monoisotopic (exact) mass is 305 g/mol. The topological polar surface area (TPSA) is 72.0 Å². The molecule has 0 unspecified atom stereocenters. The second-order valence-corrected chi connectivity index (χ2v) is 5.40. The molecule has 5 nitrogen and oxygen atoms in total. The van der Waals surface area contributed by atoms with Crippen LogP contribution >= 0.6 is 11.6 Å². The van der Waals surface area contributed by atoms with Gasteiger partial charge >= 0.3 is 0 Å². The molecule has 1 aromatic heterocycles. The van der Waals surface area contributed by atoms with Crippen LogP contribution in [0.1, 0.15) is 0 Å². The van der Waals surface area contributed by atoms with E-state index in [1.165, 1.54) is 12.1 Å². The van der Waals surface area contributed by atoms with Gasteiger partial charge in [0.2, 0.25) is 0 Å². The van der Waals surface area contributed by atoms with Crippen LogP contribution in [0.5, 0.6) is 0 Å². The third kappa shape index (κ3) is 2.96. The Morgan fingerprint density at radius 1 is 1.05 bits per heavy atom. The van der Waals surface area contributed by atoms with Crippen LogP contribution in [-0.2, 0) is 10.0 Å². The number of aromatic nitrogens is 2. The molecular formula is C10H6ClF2N3O2S. The molecule has 19 heavy (non-hydrogen) atoms. The number of benzene rings is 1. The molecular weight excluding hydrogens is 300 g/mol. The Hall–Kier alpha value is -1.80. The Labute approximate surface area is 112 Å². The Kier molecular flexibility index (Phi) is 3.63. The SMILES string of the molecule is O=S(=O)(Nc1ccc(Cl)nn1)c1c(F)cccc1F. The molecule has 0 saturated carbocycles. The highest BCUT2D eigenvalue weighted by atomic mass is 35.5. The summed E-state index contributed by atoms with van der Waals surface area (Å²) in [5.74, 6) is -2.60. The summed E-state index contributed by atoms with van der Waals surface area (Å²) in [6.45, 7) is 0. The van der Waals surface area contributed by atoms with E-state index in [4.69, 9.17) is 11.6 Å². The minimum absolute atomic E-state index is 0.0556. The number of anilines is 1. The number of sulfonamides is 1. The van der Waals surface area contributed by atoms with Crippen molar-refractivity contribution in [2.24, 2.45) is 0 Å². The molecule has 0 fully saturated rings. The third-order valence-corrected chi connectivity index (χ3v) is 3.67. The average Bonchev–Trinajstić information content (AvgIpc) is 2.31. The second-order valence-electron chi connectivity index (χ2n) is 3.40. The summed E-state index contributed by atoms with van der Waals surface area (Å²) in [4.78, 5) is -1.08. The molecule has 0 radical (unpaired) electrons. The van der Waals surface area contributed by atoms with Gasteiger partial charge in [-0.1, -0.05) is 17.7 Å². The zero-order chi connectivity index (χ0) is 14.0. The normalized spacial score (nSPS) is 11.3. The van der Waals surface area contributed by atoms with Crippen molar-refractivity contribution in [2.45, 2.75) is 4.90 Å². The molecule has 9 heteroatoms. The van der Waals surface area contributed by atoms with E-state index in [1.54, 1.807) is 0 Å². The standard InChI is InChI=1S/C10H6ClF2N3O2S/c11-8-4-5-9(15-14-8)16-19(17,18)10-6(12)2-1-3-7(10)13/h1-5H,(H,15,16). The van der Waals surface area contributed by atoms with Gasteiger partial charge < -0.3 is 0 Å². The molecule has 0 amide bonds. The Morgan fingerprint density at radius 3 is 2.21 bits per heavy atom. The third-order valence-electron chi connectivity index (χ3n) is 2.06. The second kappa shape index (κ2) is 5.06. The van der Waals surface area contributed by atoms with Gasteiger partial charge in [-0.2, -0.15) is 0 Å².